The van der Waals surface area contributed by atoms with E-state index >= 15 is 0 Å². The molecule has 0 aliphatic carbocycles. The van der Waals surface area contributed by atoms with Crippen molar-refractivity contribution < 1.29 is 19.1 Å². The highest BCUT2D eigenvalue weighted by atomic mass is 16.5. The average molecular weight is 399 g/mol. The minimum Gasteiger partial charge on any atom is -0.463 e. The highest BCUT2D eigenvalue weighted by molar-refractivity contribution is 6.09. The number of hydrogen-bond acceptors (Lipinski definition) is 4. The Morgan fingerprint density at radius 2 is 1.67 bits per heavy atom. The Hall–Kier alpha value is -3.86. The lowest BCUT2D eigenvalue weighted by molar-refractivity contribution is -0.137. The van der Waals surface area contributed by atoms with Crippen molar-refractivity contribution in [2.45, 2.75) is 13.5 Å². The van der Waals surface area contributed by atoms with Crippen molar-refractivity contribution in [2.75, 3.05) is 11.5 Å². The topological polar surface area (TPSA) is 55.8 Å². The fraction of sp³-hybridized carbons (Fsp3) is 0.120. The van der Waals surface area contributed by atoms with Gasteiger partial charge < -0.3 is 14.4 Å². The van der Waals surface area contributed by atoms with Gasteiger partial charge in [0.05, 0.1) is 24.4 Å². The molecule has 4 rings (SSSR count). The number of hydrogen-bond donors (Lipinski definition) is 0. The van der Waals surface area contributed by atoms with Crippen LogP contribution in [0.3, 0.4) is 0 Å². The maximum absolute atomic E-state index is 13.3. The van der Waals surface area contributed by atoms with Crippen LogP contribution >= 0.6 is 0 Å². The Morgan fingerprint density at radius 3 is 2.43 bits per heavy atom. The predicted molar refractivity (Wildman–Crippen MR) is 116 cm³/mol. The number of ether oxygens (including phenoxy) is 2. The molecule has 0 spiro atoms. The van der Waals surface area contributed by atoms with Gasteiger partial charge in [-0.15, -0.1) is 0 Å². The molecule has 1 aliphatic rings. The van der Waals surface area contributed by atoms with E-state index < -0.39 is 0 Å². The number of rotatable bonds is 5. The smallest absolute Gasteiger partial charge is 0.330 e. The van der Waals surface area contributed by atoms with E-state index in [9.17, 15) is 9.59 Å². The van der Waals surface area contributed by atoms with Crippen LogP contribution in [0.25, 0.3) is 6.08 Å². The van der Waals surface area contributed by atoms with Crippen LogP contribution in [0.4, 0.5) is 5.69 Å². The molecule has 1 aliphatic heterocycles. The molecule has 0 unspecified atom stereocenters. The first-order chi connectivity index (χ1) is 14.7. The third-order valence-electron chi connectivity index (χ3n) is 4.76. The first-order valence-corrected chi connectivity index (χ1v) is 9.77. The van der Waals surface area contributed by atoms with Crippen molar-refractivity contribution in [1.29, 1.82) is 0 Å². The summed E-state index contributed by atoms with van der Waals surface area (Å²) in [6.45, 7) is 2.52. The molecule has 3 aromatic carbocycles. The second kappa shape index (κ2) is 8.66. The van der Waals surface area contributed by atoms with Crippen LogP contribution in [0.2, 0.25) is 0 Å². The van der Waals surface area contributed by atoms with Crippen LogP contribution in [0.15, 0.2) is 78.9 Å². The minimum atomic E-state index is -0.369. The van der Waals surface area contributed by atoms with Gasteiger partial charge in [-0.05, 0) is 48.4 Å². The molecule has 0 bridgehead atoms. The number of benzene rings is 3. The van der Waals surface area contributed by atoms with Gasteiger partial charge in [-0.2, -0.15) is 0 Å². The van der Waals surface area contributed by atoms with Crippen molar-refractivity contribution in [3.63, 3.8) is 0 Å². The Balaban J connectivity index is 1.60. The number of fused-ring (bicyclic) bond motifs is 2. The molecular formula is C25H21NO4. The van der Waals surface area contributed by atoms with Crippen LogP contribution in [-0.4, -0.2) is 18.5 Å². The summed E-state index contributed by atoms with van der Waals surface area (Å²) >= 11 is 0. The lowest BCUT2D eigenvalue weighted by Crippen LogP contribution is -2.29. The van der Waals surface area contributed by atoms with Crippen molar-refractivity contribution in [3.8, 4) is 11.5 Å². The van der Waals surface area contributed by atoms with E-state index in [1.165, 1.54) is 6.08 Å². The van der Waals surface area contributed by atoms with Crippen LogP contribution in [-0.2, 0) is 16.1 Å². The van der Waals surface area contributed by atoms with Gasteiger partial charge in [-0.3, -0.25) is 4.79 Å². The highest BCUT2D eigenvalue weighted by Gasteiger charge is 2.27. The zero-order chi connectivity index (χ0) is 20.9. The summed E-state index contributed by atoms with van der Waals surface area (Å²) in [5.41, 5.74) is 3.10. The fourth-order valence-corrected chi connectivity index (χ4v) is 3.30. The number of para-hydroxylation sites is 3. The summed E-state index contributed by atoms with van der Waals surface area (Å²) in [7, 11) is 0. The van der Waals surface area contributed by atoms with E-state index in [1.54, 1.807) is 30.0 Å². The lowest BCUT2D eigenvalue weighted by atomic mass is 10.1. The molecule has 0 saturated heterocycles. The Kier molecular flexibility index (Phi) is 5.61. The molecule has 150 valence electrons. The maximum Gasteiger partial charge on any atom is 0.330 e. The zero-order valence-corrected chi connectivity index (χ0v) is 16.6. The van der Waals surface area contributed by atoms with Crippen LogP contribution in [0, 0.1) is 0 Å². The molecule has 1 amide bonds. The molecule has 0 atom stereocenters. The summed E-state index contributed by atoms with van der Waals surface area (Å²) in [6.07, 6.45) is 3.11. The van der Waals surface area contributed by atoms with Crippen molar-refractivity contribution in [1.82, 2.24) is 0 Å². The predicted octanol–water partition coefficient (Wildman–Crippen LogP) is 5.22. The number of nitrogens with zero attached hydrogens (tertiary/aromatic N) is 1. The summed E-state index contributed by atoms with van der Waals surface area (Å²) in [5.74, 6) is 0.718. The zero-order valence-electron chi connectivity index (χ0n) is 16.6. The first kappa shape index (κ1) is 19.5. The SMILES string of the molecule is CCOC(=O)C=Cc1ccc(CN2C(=O)c3ccccc3Oc3ccccc32)cc1. The van der Waals surface area contributed by atoms with Gasteiger partial charge in [-0.25, -0.2) is 4.79 Å². The molecule has 3 aromatic rings. The normalized spacial score (nSPS) is 12.7. The van der Waals surface area contributed by atoms with Gasteiger partial charge in [0.2, 0.25) is 0 Å². The number of esters is 1. The number of carbonyl (C=O) groups excluding carboxylic acids is 2. The molecule has 0 fully saturated rings. The molecule has 0 N–H and O–H groups in total. The first-order valence-electron chi connectivity index (χ1n) is 9.77. The van der Waals surface area contributed by atoms with E-state index in [0.29, 0.717) is 30.2 Å². The summed E-state index contributed by atoms with van der Waals surface area (Å²) in [4.78, 5) is 26.5. The van der Waals surface area contributed by atoms with E-state index in [4.69, 9.17) is 9.47 Å². The van der Waals surface area contributed by atoms with E-state index in [-0.39, 0.29) is 11.9 Å². The second-order valence-corrected chi connectivity index (χ2v) is 6.78. The number of anilines is 1. The van der Waals surface area contributed by atoms with Crippen molar-refractivity contribution in [2.24, 2.45) is 0 Å². The molecule has 30 heavy (non-hydrogen) atoms. The van der Waals surface area contributed by atoms with E-state index in [2.05, 4.69) is 0 Å². The van der Waals surface area contributed by atoms with Gasteiger partial charge in [0.1, 0.15) is 5.75 Å². The van der Waals surface area contributed by atoms with Gasteiger partial charge in [0.25, 0.3) is 5.91 Å². The van der Waals surface area contributed by atoms with Crippen molar-refractivity contribution in [3.05, 3.63) is 95.6 Å². The average Bonchev–Trinajstić information content (AvgIpc) is 2.88. The standard InChI is InChI=1S/C25H21NO4/c1-2-29-24(27)16-15-18-11-13-19(14-12-18)17-26-21-8-4-6-10-23(21)30-22-9-5-3-7-20(22)25(26)28/h3-16H,2,17H2,1H3. The molecule has 0 aromatic heterocycles. The summed E-state index contributed by atoms with van der Waals surface area (Å²) in [5, 5.41) is 0. The lowest BCUT2D eigenvalue weighted by Gasteiger charge is -2.22. The van der Waals surface area contributed by atoms with Gasteiger partial charge in [0.15, 0.2) is 5.75 Å². The molecule has 0 saturated carbocycles. The highest BCUT2D eigenvalue weighted by Crippen LogP contribution is 2.39. The minimum absolute atomic E-state index is 0.109. The molecular weight excluding hydrogens is 378 g/mol. The number of carbonyl (C=O) groups is 2. The van der Waals surface area contributed by atoms with Gasteiger partial charge in [-0.1, -0.05) is 48.5 Å². The molecule has 0 radical (unpaired) electrons. The third-order valence-corrected chi connectivity index (χ3v) is 4.76. The largest absolute Gasteiger partial charge is 0.463 e. The van der Waals surface area contributed by atoms with Crippen LogP contribution in [0.1, 0.15) is 28.4 Å². The molecule has 5 heteroatoms. The summed E-state index contributed by atoms with van der Waals surface area (Å²) < 4.78 is 10.9. The quantitative estimate of drug-likeness (QED) is 0.436. The number of amides is 1. The Bertz CT molecular complexity index is 1100. The molecule has 1 heterocycles. The maximum atomic E-state index is 13.3. The van der Waals surface area contributed by atoms with Crippen molar-refractivity contribution >= 4 is 23.6 Å². The van der Waals surface area contributed by atoms with Crippen LogP contribution < -0.4 is 9.64 Å². The fourth-order valence-electron chi connectivity index (χ4n) is 3.30. The van der Waals surface area contributed by atoms with E-state index in [1.807, 2.05) is 60.7 Å². The molecule has 5 nitrogen and oxygen atoms in total. The van der Waals surface area contributed by atoms with E-state index in [0.717, 1.165) is 16.8 Å². The second-order valence-electron chi connectivity index (χ2n) is 6.78. The summed E-state index contributed by atoms with van der Waals surface area (Å²) in [6, 6.07) is 22.5. The third kappa shape index (κ3) is 4.10. The van der Waals surface area contributed by atoms with Crippen LogP contribution in [0.5, 0.6) is 11.5 Å². The van der Waals surface area contributed by atoms with Gasteiger partial charge >= 0.3 is 5.97 Å². The Morgan fingerprint density at radius 1 is 0.967 bits per heavy atom. The Labute approximate surface area is 175 Å². The monoisotopic (exact) mass is 399 g/mol. The van der Waals surface area contributed by atoms with Gasteiger partial charge in [0, 0.05) is 6.08 Å².